The molecule has 0 fully saturated rings. The molecule has 6 nitrogen and oxygen atoms in total. The molecule has 1 heterocycles. The van der Waals surface area contributed by atoms with Crippen LogP contribution in [0.2, 0.25) is 0 Å². The molecule has 128 valence electrons. The molecule has 0 aliphatic rings. The highest BCUT2D eigenvalue weighted by molar-refractivity contribution is 8.00. The van der Waals surface area contributed by atoms with Gasteiger partial charge in [-0.3, -0.25) is 10.1 Å². The predicted octanol–water partition coefficient (Wildman–Crippen LogP) is 4.60. The van der Waals surface area contributed by atoms with Crippen molar-refractivity contribution < 1.29 is 9.66 Å². The zero-order valence-corrected chi connectivity index (χ0v) is 15.0. The number of rotatable bonds is 6. The van der Waals surface area contributed by atoms with Crippen LogP contribution in [-0.2, 0) is 5.75 Å². The number of hydrogen-bond acceptors (Lipinski definition) is 7. The standard InChI is InChI=1S/C17H15N3O3S2/c1-23-14-7-5-12(6-8-14)15-16(18)25-17(19-15)24-10-11-3-2-4-13(9-11)20(21)22/h2-9H,10,18H2,1H3. The van der Waals surface area contributed by atoms with E-state index in [4.69, 9.17) is 10.5 Å². The van der Waals surface area contributed by atoms with E-state index in [9.17, 15) is 10.1 Å². The Hall–Kier alpha value is -2.58. The lowest BCUT2D eigenvalue weighted by molar-refractivity contribution is -0.384. The molecule has 0 amide bonds. The second kappa shape index (κ2) is 7.54. The summed E-state index contributed by atoms with van der Waals surface area (Å²) >= 11 is 2.92. The van der Waals surface area contributed by atoms with Gasteiger partial charge in [0.05, 0.1) is 12.0 Å². The van der Waals surface area contributed by atoms with Crippen LogP contribution in [-0.4, -0.2) is 17.0 Å². The second-order valence-corrected chi connectivity index (χ2v) is 7.39. The second-order valence-electron chi connectivity index (χ2n) is 5.14. The molecule has 8 heteroatoms. The maximum atomic E-state index is 10.8. The van der Waals surface area contributed by atoms with Gasteiger partial charge in [-0.15, -0.1) is 0 Å². The van der Waals surface area contributed by atoms with Gasteiger partial charge in [-0.25, -0.2) is 4.98 Å². The molecule has 0 radical (unpaired) electrons. The number of nitrogen functional groups attached to an aromatic ring is 1. The van der Waals surface area contributed by atoms with Crippen molar-refractivity contribution in [1.82, 2.24) is 4.98 Å². The molecule has 3 rings (SSSR count). The SMILES string of the molecule is COc1ccc(-c2nc(SCc3cccc([N+](=O)[O-])c3)sc2N)cc1. The van der Waals surface area contributed by atoms with Crippen LogP contribution >= 0.6 is 23.1 Å². The number of thioether (sulfide) groups is 1. The number of nitrogens with zero attached hydrogens (tertiary/aromatic N) is 2. The Labute approximate surface area is 152 Å². The Morgan fingerprint density at radius 1 is 1.28 bits per heavy atom. The van der Waals surface area contributed by atoms with E-state index in [2.05, 4.69) is 4.98 Å². The largest absolute Gasteiger partial charge is 0.497 e. The number of hydrogen-bond donors (Lipinski definition) is 1. The van der Waals surface area contributed by atoms with E-state index < -0.39 is 4.92 Å². The molecule has 0 bridgehead atoms. The van der Waals surface area contributed by atoms with Crippen LogP contribution in [0.4, 0.5) is 10.7 Å². The van der Waals surface area contributed by atoms with Crippen LogP contribution in [0.1, 0.15) is 5.56 Å². The molecule has 0 saturated heterocycles. The fraction of sp³-hybridized carbons (Fsp3) is 0.118. The maximum Gasteiger partial charge on any atom is 0.269 e. The summed E-state index contributed by atoms with van der Waals surface area (Å²) in [6.45, 7) is 0. The zero-order valence-electron chi connectivity index (χ0n) is 13.3. The molecule has 1 aromatic heterocycles. The van der Waals surface area contributed by atoms with Crippen molar-refractivity contribution in [2.45, 2.75) is 10.1 Å². The molecule has 0 atom stereocenters. The van der Waals surface area contributed by atoms with Crippen LogP contribution in [0.3, 0.4) is 0 Å². The first-order valence-corrected chi connectivity index (χ1v) is 9.14. The first-order chi connectivity index (χ1) is 12.1. The number of anilines is 1. The summed E-state index contributed by atoms with van der Waals surface area (Å²) in [5.41, 5.74) is 8.74. The van der Waals surface area contributed by atoms with Gasteiger partial charge in [-0.05, 0) is 29.8 Å². The Morgan fingerprint density at radius 2 is 2.04 bits per heavy atom. The van der Waals surface area contributed by atoms with E-state index in [1.54, 1.807) is 19.2 Å². The normalized spacial score (nSPS) is 10.6. The highest BCUT2D eigenvalue weighted by atomic mass is 32.2. The van der Waals surface area contributed by atoms with E-state index in [-0.39, 0.29) is 5.69 Å². The van der Waals surface area contributed by atoms with Crippen molar-refractivity contribution in [3.05, 3.63) is 64.2 Å². The molecule has 0 unspecified atom stereocenters. The smallest absolute Gasteiger partial charge is 0.269 e. The molecule has 0 spiro atoms. The van der Waals surface area contributed by atoms with Crippen LogP contribution in [0, 0.1) is 10.1 Å². The van der Waals surface area contributed by atoms with Crippen molar-refractivity contribution in [2.24, 2.45) is 0 Å². The minimum atomic E-state index is -0.392. The van der Waals surface area contributed by atoms with Gasteiger partial charge in [0.1, 0.15) is 16.4 Å². The number of thiazole rings is 1. The summed E-state index contributed by atoms with van der Waals surface area (Å²) in [4.78, 5) is 15.0. The summed E-state index contributed by atoms with van der Waals surface area (Å²) in [7, 11) is 1.62. The average molecular weight is 373 g/mol. The van der Waals surface area contributed by atoms with Crippen molar-refractivity contribution in [3.8, 4) is 17.0 Å². The van der Waals surface area contributed by atoms with Gasteiger partial charge < -0.3 is 10.5 Å². The summed E-state index contributed by atoms with van der Waals surface area (Å²) in [6.07, 6.45) is 0. The molecule has 2 aromatic carbocycles. The lowest BCUT2D eigenvalue weighted by Gasteiger charge is -2.01. The molecule has 0 aliphatic heterocycles. The highest BCUT2D eigenvalue weighted by Crippen LogP contribution is 2.37. The van der Waals surface area contributed by atoms with Gasteiger partial charge in [0.2, 0.25) is 0 Å². The zero-order chi connectivity index (χ0) is 17.8. The number of methoxy groups -OCH3 is 1. The van der Waals surface area contributed by atoms with Crippen LogP contribution in [0.15, 0.2) is 52.9 Å². The van der Waals surface area contributed by atoms with E-state index in [0.29, 0.717) is 10.8 Å². The lowest BCUT2D eigenvalue weighted by Crippen LogP contribution is -1.89. The molecule has 0 saturated carbocycles. The fourth-order valence-electron chi connectivity index (χ4n) is 2.23. The highest BCUT2D eigenvalue weighted by Gasteiger charge is 2.12. The molecule has 25 heavy (non-hydrogen) atoms. The topological polar surface area (TPSA) is 91.3 Å². The van der Waals surface area contributed by atoms with Crippen LogP contribution in [0.5, 0.6) is 5.75 Å². The van der Waals surface area contributed by atoms with Gasteiger partial charge >= 0.3 is 0 Å². The summed E-state index contributed by atoms with van der Waals surface area (Å²) in [5, 5.41) is 11.5. The molecule has 2 N–H and O–H groups in total. The van der Waals surface area contributed by atoms with Crippen LogP contribution < -0.4 is 10.5 Å². The first kappa shape index (κ1) is 17.2. The minimum Gasteiger partial charge on any atom is -0.497 e. The first-order valence-electron chi connectivity index (χ1n) is 7.33. The Bertz CT molecular complexity index is 894. The monoisotopic (exact) mass is 373 g/mol. The van der Waals surface area contributed by atoms with Crippen molar-refractivity contribution >= 4 is 33.8 Å². The van der Waals surface area contributed by atoms with Gasteiger partial charge in [-0.1, -0.05) is 35.2 Å². The number of ether oxygens (including phenoxy) is 1. The van der Waals surface area contributed by atoms with Gasteiger partial charge in [0.15, 0.2) is 4.34 Å². The van der Waals surface area contributed by atoms with Crippen molar-refractivity contribution in [3.63, 3.8) is 0 Å². The number of nitro benzene ring substituents is 1. The van der Waals surface area contributed by atoms with Crippen molar-refractivity contribution in [2.75, 3.05) is 12.8 Å². The number of non-ortho nitro benzene ring substituents is 1. The summed E-state index contributed by atoms with van der Waals surface area (Å²) < 4.78 is 5.98. The number of nitrogens with two attached hydrogens (primary N) is 1. The molecular weight excluding hydrogens is 358 g/mol. The quantitative estimate of drug-likeness (QED) is 0.386. The van der Waals surface area contributed by atoms with Crippen LogP contribution in [0.25, 0.3) is 11.3 Å². The molecule has 3 aromatic rings. The number of nitro groups is 1. The number of benzene rings is 2. The third-order valence-electron chi connectivity index (χ3n) is 3.48. The maximum absolute atomic E-state index is 10.8. The van der Waals surface area contributed by atoms with E-state index in [1.807, 2.05) is 30.3 Å². The third kappa shape index (κ3) is 4.09. The van der Waals surface area contributed by atoms with Gasteiger partial charge in [-0.2, -0.15) is 0 Å². The lowest BCUT2D eigenvalue weighted by atomic mass is 10.1. The van der Waals surface area contributed by atoms with Gasteiger partial charge in [0, 0.05) is 23.4 Å². The predicted molar refractivity (Wildman–Crippen MR) is 101 cm³/mol. The number of aromatic nitrogens is 1. The average Bonchev–Trinajstić information content (AvgIpc) is 3.01. The fourth-order valence-corrected chi connectivity index (χ4v) is 4.13. The Morgan fingerprint density at radius 3 is 2.72 bits per heavy atom. The molecule has 0 aliphatic carbocycles. The molecular formula is C17H15N3O3S2. The van der Waals surface area contributed by atoms with Gasteiger partial charge in [0.25, 0.3) is 5.69 Å². The Kier molecular flexibility index (Phi) is 5.20. The minimum absolute atomic E-state index is 0.0932. The summed E-state index contributed by atoms with van der Waals surface area (Å²) in [6, 6.07) is 14.2. The van der Waals surface area contributed by atoms with E-state index in [0.717, 1.165) is 26.9 Å². The van der Waals surface area contributed by atoms with E-state index in [1.165, 1.54) is 29.2 Å². The van der Waals surface area contributed by atoms with Crippen molar-refractivity contribution in [1.29, 1.82) is 0 Å². The van der Waals surface area contributed by atoms with E-state index >= 15 is 0 Å². The summed E-state index contributed by atoms with van der Waals surface area (Å²) in [5.74, 6) is 1.37. The third-order valence-corrected chi connectivity index (χ3v) is 5.58. The Balaban J connectivity index is 1.74.